The number of imidazole rings is 2. The number of nitrogens with zero attached hydrogens (tertiary/aromatic N) is 8. The molecule has 3 aliphatic rings. The lowest BCUT2D eigenvalue weighted by Crippen LogP contribution is -2.49. The molecule has 0 bridgehead atoms. The summed E-state index contributed by atoms with van der Waals surface area (Å²) >= 11 is 0. The fraction of sp³-hybridized carbons (Fsp3) is 0.656. The number of aryl methyl sites for hydroxylation is 1. The lowest BCUT2D eigenvalue weighted by Gasteiger charge is -2.42. The van der Waals surface area contributed by atoms with E-state index in [0.29, 0.717) is 23.3 Å². The van der Waals surface area contributed by atoms with Crippen LogP contribution < -0.4 is 5.56 Å². The summed E-state index contributed by atoms with van der Waals surface area (Å²) in [7, 11) is -7.19. The Bertz CT molecular complexity index is 2150. The third kappa shape index (κ3) is 6.45. The summed E-state index contributed by atoms with van der Waals surface area (Å²) in [5.74, 6) is -0.240. The highest BCUT2D eigenvalue weighted by atomic mass is 31.2. The molecule has 2 aliphatic carbocycles. The second-order valence-electron chi connectivity index (χ2n) is 15.4. The number of phosphoric acid groups is 1. The number of halogens is 1. The SMILES string of the molecule is Cc1ncnc2c1ncn2[C@H]1C(O[Si](C)(C)C(C)(C)C)[C@H](O)[C@@]2(COP(=O)(OCCC#N)O[C@H]3[C@@H](F)[C@H](n4cnc5c(=O)[nH]cnc54)O[C@@H]3CO)C[C@H]12. The lowest BCUT2D eigenvalue weighted by atomic mass is 10.0. The summed E-state index contributed by atoms with van der Waals surface area (Å²) in [6.07, 6.45) is -2.67. The van der Waals surface area contributed by atoms with E-state index in [4.69, 9.17) is 22.7 Å². The molecule has 0 radical (unpaired) electrons. The number of H-pyrrole nitrogens is 1. The van der Waals surface area contributed by atoms with Gasteiger partial charge in [0.1, 0.15) is 24.1 Å². The number of ether oxygens (including phenoxy) is 1. The Labute approximate surface area is 304 Å². The summed E-state index contributed by atoms with van der Waals surface area (Å²) in [5, 5.41) is 31.3. The number of aliphatic hydroxyl groups is 2. The molecule has 53 heavy (non-hydrogen) atoms. The highest BCUT2D eigenvalue weighted by molar-refractivity contribution is 7.48. The molecule has 3 fully saturated rings. The minimum Gasteiger partial charge on any atom is -0.409 e. The van der Waals surface area contributed by atoms with Gasteiger partial charge in [-0.15, -0.1) is 0 Å². The summed E-state index contributed by atoms with van der Waals surface area (Å²) in [6, 6.07) is 1.47. The summed E-state index contributed by atoms with van der Waals surface area (Å²) in [5.41, 5.74) is 0.347. The molecule has 1 aliphatic heterocycles. The lowest BCUT2D eigenvalue weighted by molar-refractivity contribution is -0.0502. The topological polar surface area (TPSA) is 235 Å². The van der Waals surface area contributed by atoms with Crippen molar-refractivity contribution in [3.63, 3.8) is 0 Å². The molecular weight excluding hydrogens is 732 g/mol. The van der Waals surface area contributed by atoms with Gasteiger partial charge in [-0.3, -0.25) is 22.9 Å². The Morgan fingerprint density at radius 1 is 1.13 bits per heavy atom. The second kappa shape index (κ2) is 13.7. The number of hydrogen-bond acceptors (Lipinski definition) is 15. The smallest absolute Gasteiger partial charge is 0.409 e. The van der Waals surface area contributed by atoms with Crippen LogP contribution in [-0.4, -0.2) is 108 Å². The third-order valence-corrected chi connectivity index (χ3v) is 17.1. The molecule has 21 heteroatoms. The highest BCUT2D eigenvalue weighted by Crippen LogP contribution is 2.70. The Morgan fingerprint density at radius 3 is 2.57 bits per heavy atom. The summed E-state index contributed by atoms with van der Waals surface area (Å²) in [6.45, 7) is 10.9. The van der Waals surface area contributed by atoms with E-state index >= 15 is 4.39 Å². The van der Waals surface area contributed by atoms with Crippen LogP contribution in [0.25, 0.3) is 22.3 Å². The second-order valence-corrected chi connectivity index (χ2v) is 21.8. The molecule has 2 saturated carbocycles. The van der Waals surface area contributed by atoms with E-state index in [-0.39, 0.29) is 41.8 Å². The van der Waals surface area contributed by atoms with Gasteiger partial charge in [0.2, 0.25) is 0 Å². The molecular formula is C32H43FN9O9PSi. The molecule has 1 saturated heterocycles. The molecule has 4 aromatic heterocycles. The van der Waals surface area contributed by atoms with Crippen molar-refractivity contribution in [1.82, 2.24) is 39.0 Å². The molecule has 4 aromatic rings. The van der Waals surface area contributed by atoms with E-state index in [1.165, 1.54) is 17.2 Å². The van der Waals surface area contributed by atoms with Crippen LogP contribution in [-0.2, 0) is 27.3 Å². The number of hydrogen-bond donors (Lipinski definition) is 3. The van der Waals surface area contributed by atoms with Gasteiger partial charge in [-0.05, 0) is 37.4 Å². The number of fused-ring (bicyclic) bond motifs is 3. The van der Waals surface area contributed by atoms with Crippen molar-refractivity contribution >= 4 is 38.5 Å². The number of phosphoric ester groups is 1. The molecule has 5 heterocycles. The third-order valence-electron chi connectivity index (χ3n) is 11.2. The zero-order valence-electron chi connectivity index (χ0n) is 30.1. The number of nitriles is 1. The van der Waals surface area contributed by atoms with Gasteiger partial charge in [-0.25, -0.2) is 33.9 Å². The fourth-order valence-corrected chi connectivity index (χ4v) is 9.99. The van der Waals surface area contributed by atoms with Gasteiger partial charge in [0, 0.05) is 5.41 Å². The normalized spacial score (nSPS) is 31.2. The van der Waals surface area contributed by atoms with Gasteiger partial charge < -0.3 is 28.9 Å². The average Bonchev–Trinajstić information content (AvgIpc) is 3.37. The van der Waals surface area contributed by atoms with Crippen LogP contribution in [0.1, 0.15) is 51.6 Å². The Morgan fingerprint density at radius 2 is 1.85 bits per heavy atom. The van der Waals surface area contributed by atoms with Crippen LogP contribution in [0, 0.1) is 29.6 Å². The molecule has 0 amide bonds. The van der Waals surface area contributed by atoms with Gasteiger partial charge >= 0.3 is 7.82 Å². The number of aromatic amines is 1. The first-order valence-electron chi connectivity index (χ1n) is 17.3. The Balaban J connectivity index is 1.17. The van der Waals surface area contributed by atoms with Gasteiger partial charge in [0.05, 0.1) is 75.2 Å². The van der Waals surface area contributed by atoms with E-state index < -0.39 is 76.6 Å². The number of alkyl halides is 1. The maximum Gasteiger partial charge on any atom is 0.475 e. The predicted molar refractivity (Wildman–Crippen MR) is 186 cm³/mol. The Kier molecular flexibility index (Phi) is 9.73. The molecule has 0 aromatic carbocycles. The number of aromatic nitrogens is 8. The first-order valence-corrected chi connectivity index (χ1v) is 21.7. The molecule has 7 rings (SSSR count). The molecule has 18 nitrogen and oxygen atoms in total. The predicted octanol–water partition coefficient (Wildman–Crippen LogP) is 3.25. The monoisotopic (exact) mass is 775 g/mol. The Hall–Kier alpha value is -3.51. The van der Waals surface area contributed by atoms with Crippen molar-refractivity contribution in [1.29, 1.82) is 5.26 Å². The van der Waals surface area contributed by atoms with Crippen molar-refractivity contribution in [2.45, 2.75) is 102 Å². The van der Waals surface area contributed by atoms with Gasteiger partial charge in [0.25, 0.3) is 5.56 Å². The summed E-state index contributed by atoms with van der Waals surface area (Å²) < 4.78 is 63.7. The standard InChI is InChI=1S/C32H43FN9O9PSi/c1-17-21-27(36-13-35-17)41(15-39-21)23-18-10-32(18,26(44)25(23)51-53(5,6)31(2,3)4)12-48-52(46,47-9-7-8-34)50-24-19(11-43)49-30(20(24)33)42-16-40-22-28(42)37-14-38-29(22)45/h13-16,18-20,23-26,30,43-44H,7,9-12H2,1-6H3,(H,37,38,45)/t18-,19-,20-,23-,24-,25?,26+,30-,32-,52?/m1/s1. The zero-order chi connectivity index (χ0) is 38.1. The van der Waals surface area contributed by atoms with Gasteiger partial charge in [-0.1, -0.05) is 20.8 Å². The van der Waals surface area contributed by atoms with Crippen LogP contribution in [0.15, 0.2) is 30.1 Å². The first-order chi connectivity index (χ1) is 25.1. The van der Waals surface area contributed by atoms with Crippen molar-refractivity contribution in [3.8, 4) is 6.07 Å². The zero-order valence-corrected chi connectivity index (χ0v) is 32.0. The van der Waals surface area contributed by atoms with Crippen molar-refractivity contribution < 1.29 is 41.9 Å². The number of rotatable bonds is 13. The van der Waals surface area contributed by atoms with Crippen molar-refractivity contribution in [2.75, 3.05) is 19.8 Å². The van der Waals surface area contributed by atoms with Crippen LogP contribution in [0.5, 0.6) is 0 Å². The molecule has 286 valence electrons. The minimum atomic E-state index is -4.71. The van der Waals surface area contributed by atoms with E-state index in [1.807, 2.05) is 17.6 Å². The van der Waals surface area contributed by atoms with Crippen LogP contribution in [0.3, 0.4) is 0 Å². The molecule has 10 atom stereocenters. The van der Waals surface area contributed by atoms with E-state index in [9.17, 15) is 24.8 Å². The van der Waals surface area contributed by atoms with Crippen molar-refractivity contribution in [2.24, 2.45) is 11.3 Å². The maximum atomic E-state index is 16.3. The highest BCUT2D eigenvalue weighted by Gasteiger charge is 2.73. The summed E-state index contributed by atoms with van der Waals surface area (Å²) in [4.78, 5) is 36.0. The van der Waals surface area contributed by atoms with Gasteiger partial charge in [-0.2, -0.15) is 5.26 Å². The van der Waals surface area contributed by atoms with E-state index in [2.05, 4.69) is 63.8 Å². The maximum absolute atomic E-state index is 16.3. The van der Waals surface area contributed by atoms with Crippen LogP contribution in [0.4, 0.5) is 4.39 Å². The molecule has 0 spiro atoms. The first kappa shape index (κ1) is 37.8. The molecule has 2 unspecified atom stereocenters. The average molecular weight is 776 g/mol. The quantitative estimate of drug-likeness (QED) is 0.100. The van der Waals surface area contributed by atoms with E-state index in [0.717, 1.165) is 6.33 Å². The number of aliphatic hydroxyl groups excluding tert-OH is 2. The van der Waals surface area contributed by atoms with E-state index in [1.54, 1.807) is 6.33 Å². The minimum absolute atomic E-state index is 0.0221. The largest absolute Gasteiger partial charge is 0.475 e. The fourth-order valence-electron chi connectivity index (χ4n) is 7.23. The van der Waals surface area contributed by atoms with Crippen LogP contribution >= 0.6 is 7.82 Å². The molecule has 3 N–H and O–H groups in total. The van der Waals surface area contributed by atoms with Crippen LogP contribution in [0.2, 0.25) is 18.1 Å². The van der Waals surface area contributed by atoms with Gasteiger partial charge in [0.15, 0.2) is 37.5 Å². The van der Waals surface area contributed by atoms with Crippen molar-refractivity contribution in [3.05, 3.63) is 41.4 Å². The number of nitrogens with one attached hydrogen (secondary N) is 1.